The van der Waals surface area contributed by atoms with Crippen molar-refractivity contribution in [3.63, 3.8) is 0 Å². The summed E-state index contributed by atoms with van der Waals surface area (Å²) < 4.78 is 13.2. The first-order valence-electron chi connectivity index (χ1n) is 6.02. The van der Waals surface area contributed by atoms with Crippen molar-refractivity contribution < 1.29 is 19.1 Å². The lowest BCUT2D eigenvalue weighted by atomic mass is 10.2. The van der Waals surface area contributed by atoms with Gasteiger partial charge in [0.05, 0.1) is 0 Å². The molecular weight excluding hydrogens is 251 g/mol. The van der Waals surface area contributed by atoms with E-state index in [-0.39, 0.29) is 12.2 Å². The summed E-state index contributed by atoms with van der Waals surface area (Å²) in [6.45, 7) is 2.02. The van der Waals surface area contributed by atoms with E-state index in [1.165, 1.54) is 6.07 Å². The maximum Gasteiger partial charge on any atom is 0.319 e. The first-order chi connectivity index (χ1) is 8.99. The molecule has 0 aliphatic carbocycles. The number of halogens is 1. The number of unbranched alkanes of at least 4 members (excludes halogenated alkanes) is 1. The molecule has 0 heterocycles. The van der Waals surface area contributed by atoms with Crippen LogP contribution in [0.1, 0.15) is 24.8 Å². The number of rotatable bonds is 6. The van der Waals surface area contributed by atoms with Crippen LogP contribution < -0.4 is 10.6 Å². The van der Waals surface area contributed by atoms with Crippen LogP contribution in [0.15, 0.2) is 18.2 Å². The van der Waals surface area contributed by atoms with Crippen molar-refractivity contribution in [3.05, 3.63) is 29.6 Å². The summed E-state index contributed by atoms with van der Waals surface area (Å²) in [6, 6.07) is 4.01. The van der Waals surface area contributed by atoms with Gasteiger partial charge in [-0.1, -0.05) is 6.07 Å². The summed E-state index contributed by atoms with van der Waals surface area (Å²) in [7, 11) is 0. The monoisotopic (exact) mass is 268 g/mol. The minimum absolute atomic E-state index is 0.0898. The number of carbonyl (C=O) groups excluding carboxylic acids is 1. The quantitative estimate of drug-likeness (QED) is 0.694. The third-order valence-electron chi connectivity index (χ3n) is 2.53. The number of carboxylic acids is 1. The van der Waals surface area contributed by atoms with Gasteiger partial charge in [0.2, 0.25) is 0 Å². The Morgan fingerprint density at radius 3 is 2.68 bits per heavy atom. The van der Waals surface area contributed by atoms with E-state index in [9.17, 15) is 14.0 Å². The van der Waals surface area contributed by atoms with Crippen LogP contribution in [-0.2, 0) is 4.79 Å². The molecule has 104 valence electrons. The molecule has 6 heteroatoms. The highest BCUT2D eigenvalue weighted by molar-refractivity contribution is 5.89. The lowest BCUT2D eigenvalue weighted by molar-refractivity contribution is -0.137. The van der Waals surface area contributed by atoms with Crippen LogP contribution in [0, 0.1) is 12.7 Å². The summed E-state index contributed by atoms with van der Waals surface area (Å²) in [5.74, 6) is -1.22. The second-order valence-electron chi connectivity index (χ2n) is 4.20. The highest BCUT2D eigenvalue weighted by atomic mass is 19.1. The van der Waals surface area contributed by atoms with Gasteiger partial charge < -0.3 is 15.7 Å². The summed E-state index contributed by atoms with van der Waals surface area (Å²) in [5, 5.41) is 13.5. The number of carboxylic acid groups (broad SMARTS) is 1. The maximum absolute atomic E-state index is 13.2. The van der Waals surface area contributed by atoms with E-state index >= 15 is 0 Å². The number of benzene rings is 1. The molecule has 0 bridgehead atoms. The van der Waals surface area contributed by atoms with Gasteiger partial charge in [0.15, 0.2) is 0 Å². The number of hydrogen-bond acceptors (Lipinski definition) is 2. The number of aryl methyl sites for hydroxylation is 1. The summed E-state index contributed by atoms with van der Waals surface area (Å²) in [6.07, 6.45) is 1.18. The van der Waals surface area contributed by atoms with Crippen LogP contribution in [0.3, 0.4) is 0 Å². The highest BCUT2D eigenvalue weighted by Crippen LogP contribution is 2.13. The average molecular weight is 268 g/mol. The van der Waals surface area contributed by atoms with E-state index in [1.807, 2.05) is 0 Å². The summed E-state index contributed by atoms with van der Waals surface area (Å²) in [5.41, 5.74) is 0.894. The van der Waals surface area contributed by atoms with E-state index in [0.717, 1.165) is 0 Å². The Morgan fingerprint density at radius 1 is 1.32 bits per heavy atom. The molecular formula is C13H17FN2O3. The zero-order valence-electron chi connectivity index (χ0n) is 10.7. The topological polar surface area (TPSA) is 78.4 Å². The molecule has 2 amide bonds. The summed E-state index contributed by atoms with van der Waals surface area (Å²) >= 11 is 0. The van der Waals surface area contributed by atoms with Gasteiger partial charge >= 0.3 is 12.0 Å². The van der Waals surface area contributed by atoms with E-state index in [4.69, 9.17) is 5.11 Å². The van der Waals surface area contributed by atoms with Crippen LogP contribution >= 0.6 is 0 Å². The molecule has 0 radical (unpaired) electrons. The molecule has 3 N–H and O–H groups in total. The predicted octanol–water partition coefficient (Wildman–Crippen LogP) is 2.51. The number of hydrogen-bond donors (Lipinski definition) is 3. The molecule has 0 atom stereocenters. The Hall–Kier alpha value is -2.11. The molecule has 0 aliphatic heterocycles. The second-order valence-corrected chi connectivity index (χ2v) is 4.20. The zero-order valence-corrected chi connectivity index (χ0v) is 10.7. The molecule has 0 aromatic heterocycles. The number of urea groups is 1. The van der Waals surface area contributed by atoms with Gasteiger partial charge in [-0.15, -0.1) is 0 Å². The minimum Gasteiger partial charge on any atom is -0.481 e. The number of anilines is 1. The lowest BCUT2D eigenvalue weighted by Crippen LogP contribution is -2.29. The molecule has 0 saturated carbocycles. The first-order valence-corrected chi connectivity index (χ1v) is 6.02. The van der Waals surface area contributed by atoms with Gasteiger partial charge in [0.1, 0.15) is 5.82 Å². The van der Waals surface area contributed by atoms with Crippen LogP contribution in [0.25, 0.3) is 0 Å². The fourth-order valence-corrected chi connectivity index (χ4v) is 1.45. The molecule has 1 rings (SSSR count). The predicted molar refractivity (Wildman–Crippen MR) is 69.6 cm³/mol. The van der Waals surface area contributed by atoms with Crippen molar-refractivity contribution in [3.8, 4) is 0 Å². The largest absolute Gasteiger partial charge is 0.481 e. The molecule has 0 spiro atoms. The Kier molecular flexibility index (Phi) is 5.78. The van der Waals surface area contributed by atoms with E-state index in [1.54, 1.807) is 19.1 Å². The number of nitrogens with one attached hydrogen (secondary N) is 2. The Labute approximate surface area is 110 Å². The van der Waals surface area contributed by atoms with Gasteiger partial charge in [-0.2, -0.15) is 0 Å². The Balaban J connectivity index is 2.27. The SMILES string of the molecule is Cc1ccc(NC(=O)NCCCCC(=O)O)cc1F. The van der Waals surface area contributed by atoms with E-state index < -0.39 is 12.0 Å². The fraction of sp³-hybridized carbons (Fsp3) is 0.385. The molecule has 0 fully saturated rings. The van der Waals surface area contributed by atoms with E-state index in [2.05, 4.69) is 10.6 Å². The van der Waals surface area contributed by atoms with Crippen LogP contribution in [0.4, 0.5) is 14.9 Å². The zero-order chi connectivity index (χ0) is 14.3. The number of carbonyl (C=O) groups is 2. The van der Waals surface area contributed by atoms with Crippen molar-refractivity contribution >= 4 is 17.7 Å². The smallest absolute Gasteiger partial charge is 0.319 e. The lowest BCUT2D eigenvalue weighted by Gasteiger charge is -2.08. The molecule has 0 aliphatic rings. The minimum atomic E-state index is -0.848. The van der Waals surface area contributed by atoms with Crippen LogP contribution in [-0.4, -0.2) is 23.7 Å². The maximum atomic E-state index is 13.2. The van der Waals surface area contributed by atoms with Crippen LogP contribution in [0.5, 0.6) is 0 Å². The normalized spacial score (nSPS) is 10.0. The number of amides is 2. The van der Waals surface area contributed by atoms with Gasteiger partial charge in [-0.25, -0.2) is 9.18 Å². The molecule has 0 saturated heterocycles. The summed E-state index contributed by atoms with van der Waals surface area (Å²) in [4.78, 5) is 21.7. The standard InChI is InChI=1S/C13H17FN2O3/c1-9-5-6-10(8-11(9)14)16-13(19)15-7-3-2-4-12(17)18/h5-6,8H,2-4,7H2,1H3,(H,17,18)(H2,15,16,19). The molecule has 0 unspecified atom stereocenters. The molecule has 1 aromatic carbocycles. The van der Waals surface area contributed by atoms with Crippen molar-refractivity contribution in [2.45, 2.75) is 26.2 Å². The van der Waals surface area contributed by atoms with Crippen molar-refractivity contribution in [2.24, 2.45) is 0 Å². The second kappa shape index (κ2) is 7.35. The van der Waals surface area contributed by atoms with Crippen molar-refractivity contribution in [1.29, 1.82) is 0 Å². The Morgan fingerprint density at radius 2 is 2.05 bits per heavy atom. The Bertz CT molecular complexity index is 463. The van der Waals surface area contributed by atoms with Crippen LogP contribution in [0.2, 0.25) is 0 Å². The van der Waals surface area contributed by atoms with Gasteiger partial charge in [-0.3, -0.25) is 4.79 Å². The molecule has 19 heavy (non-hydrogen) atoms. The fourth-order valence-electron chi connectivity index (χ4n) is 1.45. The molecule has 5 nitrogen and oxygen atoms in total. The van der Waals surface area contributed by atoms with Crippen molar-refractivity contribution in [2.75, 3.05) is 11.9 Å². The van der Waals surface area contributed by atoms with Gasteiger partial charge in [-0.05, 0) is 37.5 Å². The average Bonchev–Trinajstić information content (AvgIpc) is 2.33. The van der Waals surface area contributed by atoms with E-state index in [0.29, 0.717) is 30.6 Å². The molecule has 1 aromatic rings. The third kappa shape index (κ3) is 5.85. The first kappa shape index (κ1) is 14.9. The van der Waals surface area contributed by atoms with Gasteiger partial charge in [0, 0.05) is 18.7 Å². The highest BCUT2D eigenvalue weighted by Gasteiger charge is 2.04. The van der Waals surface area contributed by atoms with Gasteiger partial charge in [0.25, 0.3) is 0 Å². The van der Waals surface area contributed by atoms with Crippen molar-refractivity contribution in [1.82, 2.24) is 5.32 Å². The number of aliphatic carboxylic acids is 1. The third-order valence-corrected chi connectivity index (χ3v) is 2.53.